The van der Waals surface area contributed by atoms with Crippen molar-refractivity contribution in [1.82, 2.24) is 19.6 Å². The first-order chi connectivity index (χ1) is 8.06. The van der Waals surface area contributed by atoms with Gasteiger partial charge >= 0.3 is 0 Å². The van der Waals surface area contributed by atoms with E-state index in [2.05, 4.69) is 24.9 Å². The summed E-state index contributed by atoms with van der Waals surface area (Å²) < 4.78 is 3.68. The fourth-order valence-electron chi connectivity index (χ4n) is 1.18. The first kappa shape index (κ1) is 11.9. The van der Waals surface area contributed by atoms with E-state index < -0.39 is 0 Å². The largest absolute Gasteiger partial charge is 0.290 e. The molecule has 0 aliphatic heterocycles. The number of nitrogens with one attached hydrogen (secondary N) is 1. The Labute approximate surface area is 106 Å². The van der Waals surface area contributed by atoms with Crippen molar-refractivity contribution < 1.29 is 4.79 Å². The zero-order valence-corrected chi connectivity index (χ0v) is 10.6. The number of hydrogen-bond donors (Lipinski definition) is 1. The third-order valence-electron chi connectivity index (χ3n) is 1.91. The van der Waals surface area contributed by atoms with Crippen LogP contribution in [0.3, 0.4) is 0 Å². The van der Waals surface area contributed by atoms with Gasteiger partial charge in [-0.25, -0.2) is 9.97 Å². The van der Waals surface area contributed by atoms with Gasteiger partial charge in [0.25, 0.3) is 5.91 Å². The van der Waals surface area contributed by atoms with Crippen molar-refractivity contribution in [2.45, 2.75) is 13.8 Å². The highest BCUT2D eigenvalue weighted by Crippen LogP contribution is 2.13. The number of carbonyl (C=O) groups is 1. The summed E-state index contributed by atoms with van der Waals surface area (Å²) in [5.74, 6) is -0.160. The minimum atomic E-state index is -0.334. The van der Waals surface area contributed by atoms with E-state index in [0.717, 1.165) is 11.5 Å². The SMILES string of the molecule is Cc1cc(Cl)nc(NC(=O)c2snnc2C)n1. The Kier molecular flexibility index (Phi) is 3.30. The Hall–Kier alpha value is -1.60. The second-order valence-corrected chi connectivity index (χ2v) is 4.44. The van der Waals surface area contributed by atoms with Crippen molar-refractivity contribution >= 4 is 35.0 Å². The lowest BCUT2D eigenvalue weighted by Crippen LogP contribution is -2.14. The van der Waals surface area contributed by atoms with E-state index >= 15 is 0 Å². The van der Waals surface area contributed by atoms with Crippen LogP contribution < -0.4 is 5.32 Å². The number of aryl methyl sites for hydroxylation is 2. The molecule has 2 heterocycles. The minimum absolute atomic E-state index is 0.174. The van der Waals surface area contributed by atoms with Gasteiger partial charge in [0, 0.05) is 5.69 Å². The maximum atomic E-state index is 11.8. The monoisotopic (exact) mass is 269 g/mol. The molecule has 1 amide bonds. The Morgan fingerprint density at radius 2 is 2.18 bits per heavy atom. The van der Waals surface area contributed by atoms with E-state index in [-0.39, 0.29) is 17.0 Å². The molecule has 2 aromatic heterocycles. The molecule has 2 rings (SSSR count). The molecule has 0 aliphatic rings. The molecule has 6 nitrogen and oxygen atoms in total. The number of aromatic nitrogens is 4. The summed E-state index contributed by atoms with van der Waals surface area (Å²) in [7, 11) is 0. The summed E-state index contributed by atoms with van der Waals surface area (Å²) in [4.78, 5) is 20.2. The molecular weight excluding hydrogens is 262 g/mol. The predicted molar refractivity (Wildman–Crippen MR) is 64.4 cm³/mol. The molecule has 0 radical (unpaired) electrons. The second kappa shape index (κ2) is 4.72. The molecule has 0 aromatic carbocycles. The van der Waals surface area contributed by atoms with Crippen LogP contribution in [0.2, 0.25) is 5.15 Å². The lowest BCUT2D eigenvalue weighted by molar-refractivity contribution is 0.102. The first-order valence-electron chi connectivity index (χ1n) is 4.68. The highest BCUT2D eigenvalue weighted by atomic mass is 35.5. The molecule has 0 saturated carbocycles. The van der Waals surface area contributed by atoms with Crippen LogP contribution in [-0.2, 0) is 0 Å². The second-order valence-electron chi connectivity index (χ2n) is 3.30. The fraction of sp³-hybridized carbons (Fsp3) is 0.222. The van der Waals surface area contributed by atoms with Gasteiger partial charge in [-0.05, 0) is 31.4 Å². The molecule has 0 bridgehead atoms. The van der Waals surface area contributed by atoms with E-state index in [9.17, 15) is 4.79 Å². The minimum Gasteiger partial charge on any atom is -0.290 e. The van der Waals surface area contributed by atoms with Crippen LogP contribution in [0.15, 0.2) is 6.07 Å². The third kappa shape index (κ3) is 2.75. The van der Waals surface area contributed by atoms with Gasteiger partial charge in [0.15, 0.2) is 0 Å². The predicted octanol–water partition coefficient (Wildman–Crippen LogP) is 1.85. The van der Waals surface area contributed by atoms with E-state index in [0.29, 0.717) is 16.3 Å². The van der Waals surface area contributed by atoms with Gasteiger partial charge in [0.1, 0.15) is 10.0 Å². The molecule has 2 aromatic rings. The van der Waals surface area contributed by atoms with Gasteiger partial charge in [0.05, 0.1) is 5.69 Å². The molecule has 0 saturated heterocycles. The summed E-state index contributed by atoms with van der Waals surface area (Å²) in [6.45, 7) is 3.48. The van der Waals surface area contributed by atoms with E-state index in [1.54, 1.807) is 19.9 Å². The van der Waals surface area contributed by atoms with Crippen molar-refractivity contribution in [3.8, 4) is 0 Å². The van der Waals surface area contributed by atoms with Gasteiger partial charge < -0.3 is 0 Å². The molecule has 8 heteroatoms. The number of nitrogens with zero attached hydrogens (tertiary/aromatic N) is 4. The summed E-state index contributed by atoms with van der Waals surface area (Å²) in [6, 6.07) is 1.61. The summed E-state index contributed by atoms with van der Waals surface area (Å²) in [5, 5.41) is 6.59. The average Bonchev–Trinajstić information content (AvgIpc) is 2.62. The topological polar surface area (TPSA) is 80.7 Å². The lowest BCUT2D eigenvalue weighted by Gasteiger charge is -2.03. The van der Waals surface area contributed by atoms with E-state index in [1.165, 1.54) is 0 Å². The average molecular weight is 270 g/mol. The van der Waals surface area contributed by atoms with Crippen LogP contribution in [0.1, 0.15) is 21.1 Å². The van der Waals surface area contributed by atoms with Crippen molar-refractivity contribution in [2.75, 3.05) is 5.32 Å². The zero-order valence-electron chi connectivity index (χ0n) is 9.06. The van der Waals surface area contributed by atoms with Crippen LogP contribution in [0.4, 0.5) is 5.95 Å². The van der Waals surface area contributed by atoms with E-state index in [1.807, 2.05) is 0 Å². The van der Waals surface area contributed by atoms with Crippen LogP contribution in [-0.4, -0.2) is 25.5 Å². The summed E-state index contributed by atoms with van der Waals surface area (Å²) in [6.07, 6.45) is 0. The third-order valence-corrected chi connectivity index (χ3v) is 2.93. The number of amides is 1. The summed E-state index contributed by atoms with van der Waals surface area (Å²) >= 11 is 6.79. The highest BCUT2D eigenvalue weighted by molar-refractivity contribution is 7.08. The van der Waals surface area contributed by atoms with Crippen LogP contribution in [0.25, 0.3) is 0 Å². The molecule has 0 spiro atoms. The molecular formula is C9H8ClN5OS. The van der Waals surface area contributed by atoms with Gasteiger partial charge in [-0.1, -0.05) is 16.1 Å². The molecule has 88 valence electrons. The van der Waals surface area contributed by atoms with Gasteiger partial charge in [-0.3, -0.25) is 10.1 Å². The molecule has 0 atom stereocenters. The molecule has 0 unspecified atom stereocenters. The Morgan fingerprint density at radius 1 is 1.41 bits per heavy atom. The van der Waals surface area contributed by atoms with Gasteiger partial charge in [-0.2, -0.15) is 0 Å². The Bertz CT molecular complexity index is 550. The first-order valence-corrected chi connectivity index (χ1v) is 5.83. The number of halogens is 1. The highest BCUT2D eigenvalue weighted by Gasteiger charge is 2.14. The Balaban J connectivity index is 2.21. The van der Waals surface area contributed by atoms with Crippen LogP contribution in [0.5, 0.6) is 0 Å². The number of anilines is 1. The van der Waals surface area contributed by atoms with Gasteiger partial charge in [-0.15, -0.1) is 5.10 Å². The Morgan fingerprint density at radius 3 is 2.76 bits per heavy atom. The van der Waals surface area contributed by atoms with Crippen molar-refractivity contribution in [3.63, 3.8) is 0 Å². The maximum Gasteiger partial charge on any atom is 0.271 e. The van der Waals surface area contributed by atoms with Crippen LogP contribution >= 0.6 is 23.1 Å². The number of carbonyl (C=O) groups excluding carboxylic acids is 1. The lowest BCUT2D eigenvalue weighted by atomic mass is 10.4. The zero-order chi connectivity index (χ0) is 12.4. The maximum absolute atomic E-state index is 11.8. The van der Waals surface area contributed by atoms with Crippen molar-refractivity contribution in [3.05, 3.63) is 27.5 Å². The van der Waals surface area contributed by atoms with Crippen molar-refractivity contribution in [2.24, 2.45) is 0 Å². The molecule has 17 heavy (non-hydrogen) atoms. The standard InChI is InChI=1S/C9H8ClN5OS/c1-4-3-6(10)12-9(11-4)13-8(16)7-5(2)14-15-17-7/h3H,1-2H3,(H,11,12,13,16). The molecule has 0 aliphatic carbocycles. The molecule has 1 N–H and O–H groups in total. The summed E-state index contributed by atoms with van der Waals surface area (Å²) in [5.41, 5.74) is 1.26. The van der Waals surface area contributed by atoms with Crippen molar-refractivity contribution in [1.29, 1.82) is 0 Å². The fourth-order valence-corrected chi connectivity index (χ4v) is 1.97. The number of hydrogen-bond acceptors (Lipinski definition) is 6. The normalized spacial score (nSPS) is 10.3. The van der Waals surface area contributed by atoms with Gasteiger partial charge in [0.2, 0.25) is 5.95 Å². The smallest absolute Gasteiger partial charge is 0.271 e. The molecule has 0 fully saturated rings. The van der Waals surface area contributed by atoms with Crippen LogP contribution in [0, 0.1) is 13.8 Å². The van der Waals surface area contributed by atoms with E-state index in [4.69, 9.17) is 11.6 Å². The quantitative estimate of drug-likeness (QED) is 0.842. The number of rotatable bonds is 2.